The fourth-order valence-electron chi connectivity index (χ4n) is 3.85. The van der Waals surface area contributed by atoms with E-state index >= 15 is 0 Å². The summed E-state index contributed by atoms with van der Waals surface area (Å²) in [4.78, 5) is 19.9. The van der Waals surface area contributed by atoms with Crippen molar-refractivity contribution in [3.05, 3.63) is 42.2 Å². The molecule has 2 atom stereocenters. The van der Waals surface area contributed by atoms with Crippen LogP contribution in [0.2, 0.25) is 0 Å². The highest BCUT2D eigenvalue weighted by atomic mass is 32.2. The SMILES string of the molecule is O=C1C(N[SH](=O)=O)CCN1c1ccc(-n2ccnc2CN2CCC(F)C2)cc1F. The van der Waals surface area contributed by atoms with Crippen LogP contribution in [0.25, 0.3) is 5.69 Å². The molecule has 2 aliphatic rings. The van der Waals surface area contributed by atoms with Gasteiger partial charge in [0.1, 0.15) is 23.9 Å². The van der Waals surface area contributed by atoms with Gasteiger partial charge in [-0.25, -0.2) is 26.9 Å². The number of carbonyl (C=O) groups is 1. The Bertz CT molecular complexity index is 988. The first kappa shape index (κ1) is 19.9. The van der Waals surface area contributed by atoms with Crippen LogP contribution in [0.1, 0.15) is 18.7 Å². The van der Waals surface area contributed by atoms with Crippen LogP contribution in [0.3, 0.4) is 0 Å². The molecule has 0 spiro atoms. The van der Waals surface area contributed by atoms with E-state index in [0.29, 0.717) is 37.6 Å². The van der Waals surface area contributed by atoms with Gasteiger partial charge in [0.25, 0.3) is 0 Å². The summed E-state index contributed by atoms with van der Waals surface area (Å²) in [5, 5.41) is 0. The summed E-state index contributed by atoms with van der Waals surface area (Å²) in [6.45, 7) is 1.71. The van der Waals surface area contributed by atoms with Crippen molar-refractivity contribution >= 4 is 22.5 Å². The van der Waals surface area contributed by atoms with Gasteiger partial charge in [0.15, 0.2) is 0 Å². The zero-order chi connectivity index (χ0) is 20.5. The van der Waals surface area contributed by atoms with Crippen LogP contribution in [0, 0.1) is 5.82 Å². The van der Waals surface area contributed by atoms with Crippen LogP contribution in [0.4, 0.5) is 14.5 Å². The minimum Gasteiger partial charge on any atom is -0.308 e. The number of aromatic nitrogens is 2. The summed E-state index contributed by atoms with van der Waals surface area (Å²) in [5.41, 5.74) is 0.643. The lowest BCUT2D eigenvalue weighted by Gasteiger charge is -2.19. The van der Waals surface area contributed by atoms with E-state index < -0.39 is 34.8 Å². The van der Waals surface area contributed by atoms with Crippen molar-refractivity contribution in [2.24, 2.45) is 0 Å². The van der Waals surface area contributed by atoms with E-state index in [9.17, 15) is 22.0 Å². The minimum absolute atomic E-state index is 0.102. The van der Waals surface area contributed by atoms with Gasteiger partial charge in [0, 0.05) is 43.8 Å². The van der Waals surface area contributed by atoms with Gasteiger partial charge < -0.3 is 9.47 Å². The predicted octanol–water partition coefficient (Wildman–Crippen LogP) is 0.776. The van der Waals surface area contributed by atoms with Crippen LogP contribution in [-0.2, 0) is 22.2 Å². The standard InChI is InChI=1S/C18H21F2N5O3S/c19-12-3-6-23(10-12)11-17-21-5-8-24(17)13-1-2-16(14(20)9-13)25-7-4-15(18(25)26)22-29(27)28/h1-2,5,8-9,12,15,29H,3-4,6-7,10-11H2,(H,22,27,28). The Morgan fingerprint density at radius 2 is 2.07 bits per heavy atom. The number of hydrogen-bond acceptors (Lipinski definition) is 5. The molecule has 29 heavy (non-hydrogen) atoms. The first-order chi connectivity index (χ1) is 13.9. The molecule has 1 aromatic heterocycles. The van der Waals surface area contributed by atoms with Crippen molar-refractivity contribution in [3.63, 3.8) is 0 Å². The Kier molecular flexibility index (Phi) is 5.61. The van der Waals surface area contributed by atoms with E-state index in [1.165, 1.54) is 17.0 Å². The van der Waals surface area contributed by atoms with Crippen LogP contribution < -0.4 is 9.62 Å². The number of anilines is 1. The van der Waals surface area contributed by atoms with Crippen LogP contribution in [0.15, 0.2) is 30.6 Å². The maximum atomic E-state index is 14.8. The molecule has 2 unspecified atom stereocenters. The summed E-state index contributed by atoms with van der Waals surface area (Å²) in [5.74, 6) is -0.395. The first-order valence-electron chi connectivity index (χ1n) is 9.33. The number of rotatable bonds is 6. The van der Waals surface area contributed by atoms with Gasteiger partial charge in [-0.1, -0.05) is 0 Å². The second-order valence-corrected chi connectivity index (χ2v) is 7.96. The van der Waals surface area contributed by atoms with Crippen molar-refractivity contribution in [3.8, 4) is 5.69 Å². The molecule has 156 valence electrons. The molecule has 1 amide bonds. The lowest BCUT2D eigenvalue weighted by molar-refractivity contribution is -0.118. The molecule has 2 fully saturated rings. The number of benzene rings is 1. The molecule has 2 aromatic rings. The quantitative estimate of drug-likeness (QED) is 0.668. The highest BCUT2D eigenvalue weighted by Gasteiger charge is 2.34. The Hall–Kier alpha value is -2.37. The predicted molar refractivity (Wildman–Crippen MR) is 103 cm³/mol. The van der Waals surface area contributed by atoms with E-state index in [-0.39, 0.29) is 18.7 Å². The van der Waals surface area contributed by atoms with E-state index in [2.05, 4.69) is 9.71 Å². The summed E-state index contributed by atoms with van der Waals surface area (Å²) >= 11 is 0. The molecular weight excluding hydrogens is 404 g/mol. The molecule has 0 aliphatic carbocycles. The molecule has 1 aromatic carbocycles. The fourth-order valence-corrected chi connectivity index (χ4v) is 4.34. The van der Waals surface area contributed by atoms with Crippen molar-refractivity contribution < 1.29 is 22.0 Å². The summed E-state index contributed by atoms with van der Waals surface area (Å²) < 4.78 is 53.8. The highest BCUT2D eigenvalue weighted by Crippen LogP contribution is 2.27. The number of halogens is 2. The van der Waals surface area contributed by atoms with Gasteiger partial charge in [0.2, 0.25) is 16.8 Å². The maximum Gasteiger partial charge on any atom is 0.245 e. The van der Waals surface area contributed by atoms with E-state index in [1.54, 1.807) is 23.0 Å². The van der Waals surface area contributed by atoms with Crippen LogP contribution in [0.5, 0.6) is 0 Å². The zero-order valence-corrected chi connectivity index (χ0v) is 16.4. The summed E-state index contributed by atoms with van der Waals surface area (Å²) in [7, 11) is -2.91. The lowest BCUT2D eigenvalue weighted by atomic mass is 10.2. The maximum absolute atomic E-state index is 14.8. The highest BCUT2D eigenvalue weighted by molar-refractivity contribution is 7.70. The number of imidazole rings is 1. The number of nitrogens with zero attached hydrogens (tertiary/aromatic N) is 4. The monoisotopic (exact) mass is 425 g/mol. The number of likely N-dealkylation sites (tertiary alicyclic amines) is 1. The van der Waals surface area contributed by atoms with Gasteiger partial charge in [0.05, 0.1) is 12.2 Å². The first-order valence-corrected chi connectivity index (χ1v) is 10.5. The van der Waals surface area contributed by atoms with Crippen LogP contribution >= 0.6 is 0 Å². The second-order valence-electron chi connectivity index (χ2n) is 7.19. The third-order valence-electron chi connectivity index (χ3n) is 5.26. The minimum atomic E-state index is -2.91. The topological polar surface area (TPSA) is 87.5 Å². The normalized spacial score (nSPS) is 22.9. The van der Waals surface area contributed by atoms with Gasteiger partial charge in [-0.05, 0) is 25.0 Å². The molecule has 4 rings (SSSR count). The molecule has 0 saturated carbocycles. The fraction of sp³-hybridized carbons (Fsp3) is 0.444. The molecule has 3 heterocycles. The number of thiol groups is 1. The average Bonchev–Trinajstić information content (AvgIpc) is 3.38. The Morgan fingerprint density at radius 1 is 1.24 bits per heavy atom. The third-order valence-corrected chi connectivity index (χ3v) is 5.79. The van der Waals surface area contributed by atoms with Crippen molar-refractivity contribution in [2.45, 2.75) is 31.6 Å². The van der Waals surface area contributed by atoms with Gasteiger partial charge in [-0.15, -0.1) is 0 Å². The third kappa shape index (κ3) is 4.16. The van der Waals surface area contributed by atoms with Crippen molar-refractivity contribution in [2.75, 3.05) is 24.5 Å². The molecule has 2 aliphatic heterocycles. The number of alkyl halides is 1. The van der Waals surface area contributed by atoms with Crippen molar-refractivity contribution in [1.82, 2.24) is 19.2 Å². The number of carbonyl (C=O) groups excluding carboxylic acids is 1. The smallest absolute Gasteiger partial charge is 0.245 e. The van der Waals surface area contributed by atoms with Crippen molar-refractivity contribution in [1.29, 1.82) is 0 Å². The molecule has 11 heteroatoms. The number of hydrogen-bond donors (Lipinski definition) is 2. The molecule has 1 N–H and O–H groups in total. The second kappa shape index (κ2) is 8.17. The van der Waals surface area contributed by atoms with E-state index in [1.807, 2.05) is 4.90 Å². The molecule has 2 saturated heterocycles. The van der Waals surface area contributed by atoms with Gasteiger partial charge >= 0.3 is 0 Å². The lowest BCUT2D eigenvalue weighted by Crippen LogP contribution is -2.37. The number of amides is 1. The zero-order valence-electron chi connectivity index (χ0n) is 15.5. The molecule has 0 radical (unpaired) electrons. The summed E-state index contributed by atoms with van der Waals surface area (Å²) in [6, 6.07) is 3.62. The molecule has 8 nitrogen and oxygen atoms in total. The van der Waals surface area contributed by atoms with E-state index in [0.717, 1.165) is 0 Å². The summed E-state index contributed by atoms with van der Waals surface area (Å²) in [6.07, 6.45) is 3.27. The largest absolute Gasteiger partial charge is 0.308 e. The molecular formula is C18H21F2N5O3S. The average molecular weight is 425 g/mol. The Balaban J connectivity index is 1.53. The Morgan fingerprint density at radius 3 is 2.76 bits per heavy atom. The van der Waals surface area contributed by atoms with Gasteiger partial charge in [-0.2, -0.15) is 0 Å². The van der Waals surface area contributed by atoms with E-state index in [4.69, 9.17) is 0 Å². The number of nitrogens with one attached hydrogen (secondary N) is 1. The van der Waals surface area contributed by atoms with Crippen LogP contribution in [-0.4, -0.2) is 60.6 Å². The molecule has 0 bridgehead atoms. The Labute approximate surface area is 168 Å². The van der Waals surface area contributed by atoms with Gasteiger partial charge in [-0.3, -0.25) is 9.69 Å².